The number of nitrogens with two attached hydrogens (primary N) is 1. The Bertz CT molecular complexity index is 570. The lowest BCUT2D eigenvalue weighted by atomic mass is 9.95. The first kappa shape index (κ1) is 16.8. The Morgan fingerprint density at radius 2 is 1.71 bits per heavy atom. The maximum atomic E-state index is 12.7. The zero-order chi connectivity index (χ0) is 16.9. The van der Waals surface area contributed by atoms with Crippen molar-refractivity contribution in [2.45, 2.75) is 31.7 Å². The van der Waals surface area contributed by atoms with Crippen LogP contribution in [0.2, 0.25) is 0 Å². The van der Waals surface area contributed by atoms with Crippen LogP contribution in [0.4, 0.5) is 10.5 Å². The summed E-state index contributed by atoms with van der Waals surface area (Å²) in [5.74, 6) is 0.0914. The number of amides is 3. The number of carbonyl (C=O) groups excluding carboxylic acids is 2. The minimum Gasteiger partial charge on any atom is -0.342 e. The van der Waals surface area contributed by atoms with Gasteiger partial charge in [0.1, 0.15) is 0 Å². The summed E-state index contributed by atoms with van der Waals surface area (Å²) in [6.07, 6.45) is 3.47. The standard InChI is InChI=1S/C18H26N4O2/c19-15-8-11-21(12-9-15)17(23)14-5-4-10-22(13-14)18(24)20-16-6-2-1-3-7-16/h1-3,6-7,14-15H,4-5,8-13,19H2,(H,20,24). The molecule has 6 nitrogen and oxygen atoms in total. The van der Waals surface area contributed by atoms with Crippen molar-refractivity contribution in [3.63, 3.8) is 0 Å². The summed E-state index contributed by atoms with van der Waals surface area (Å²) in [4.78, 5) is 28.8. The third-order valence-electron chi connectivity index (χ3n) is 4.93. The van der Waals surface area contributed by atoms with E-state index in [0.29, 0.717) is 13.1 Å². The first-order chi connectivity index (χ1) is 11.6. The SMILES string of the molecule is NC1CCN(C(=O)C2CCCN(C(=O)Nc3ccccc3)C2)CC1. The third kappa shape index (κ3) is 4.06. The average molecular weight is 330 g/mol. The number of piperidine rings is 2. The van der Waals surface area contributed by atoms with Crippen LogP contribution in [0.3, 0.4) is 0 Å². The highest BCUT2D eigenvalue weighted by atomic mass is 16.2. The molecule has 2 heterocycles. The minimum atomic E-state index is -0.126. The van der Waals surface area contributed by atoms with E-state index in [1.165, 1.54) is 0 Å². The molecule has 2 saturated heterocycles. The summed E-state index contributed by atoms with van der Waals surface area (Å²) >= 11 is 0. The van der Waals surface area contributed by atoms with Crippen LogP contribution in [0, 0.1) is 5.92 Å². The van der Waals surface area contributed by atoms with Gasteiger partial charge in [0.2, 0.25) is 5.91 Å². The number of nitrogens with one attached hydrogen (secondary N) is 1. The Hall–Kier alpha value is -2.08. The van der Waals surface area contributed by atoms with Crippen LogP contribution in [0.5, 0.6) is 0 Å². The molecule has 2 aliphatic heterocycles. The second kappa shape index (κ2) is 7.66. The van der Waals surface area contributed by atoms with Crippen molar-refractivity contribution in [1.29, 1.82) is 0 Å². The first-order valence-corrected chi connectivity index (χ1v) is 8.79. The first-order valence-electron chi connectivity index (χ1n) is 8.79. The van der Waals surface area contributed by atoms with Crippen molar-refractivity contribution in [3.05, 3.63) is 30.3 Å². The number of para-hydroxylation sites is 1. The highest BCUT2D eigenvalue weighted by Gasteiger charge is 2.32. The number of nitrogens with zero attached hydrogens (tertiary/aromatic N) is 2. The molecule has 1 aromatic carbocycles. The largest absolute Gasteiger partial charge is 0.342 e. The highest BCUT2D eigenvalue weighted by Crippen LogP contribution is 2.21. The molecule has 24 heavy (non-hydrogen) atoms. The zero-order valence-electron chi connectivity index (χ0n) is 14.0. The molecule has 2 fully saturated rings. The molecule has 1 atom stereocenters. The number of hydrogen-bond donors (Lipinski definition) is 2. The van der Waals surface area contributed by atoms with Crippen LogP contribution >= 0.6 is 0 Å². The molecule has 0 aliphatic carbocycles. The van der Waals surface area contributed by atoms with Gasteiger partial charge in [-0.3, -0.25) is 4.79 Å². The van der Waals surface area contributed by atoms with E-state index in [9.17, 15) is 9.59 Å². The number of rotatable bonds is 2. The smallest absolute Gasteiger partial charge is 0.321 e. The molecule has 0 radical (unpaired) electrons. The second-order valence-electron chi connectivity index (χ2n) is 6.74. The summed E-state index contributed by atoms with van der Waals surface area (Å²) in [6.45, 7) is 2.69. The van der Waals surface area contributed by atoms with Gasteiger partial charge in [-0.15, -0.1) is 0 Å². The van der Waals surface area contributed by atoms with Crippen LogP contribution < -0.4 is 11.1 Å². The zero-order valence-corrected chi connectivity index (χ0v) is 14.0. The topological polar surface area (TPSA) is 78.7 Å². The molecular weight excluding hydrogens is 304 g/mol. The number of carbonyl (C=O) groups is 2. The maximum absolute atomic E-state index is 12.7. The lowest BCUT2D eigenvalue weighted by Gasteiger charge is -2.37. The van der Waals surface area contributed by atoms with Gasteiger partial charge in [-0.05, 0) is 37.8 Å². The van der Waals surface area contributed by atoms with E-state index in [-0.39, 0.29) is 23.9 Å². The minimum absolute atomic E-state index is 0.0883. The fourth-order valence-corrected chi connectivity index (χ4v) is 3.47. The Labute approximate surface area is 143 Å². The average Bonchev–Trinajstić information content (AvgIpc) is 2.63. The van der Waals surface area contributed by atoms with E-state index in [1.54, 1.807) is 4.90 Å². The Kier molecular flexibility index (Phi) is 5.35. The van der Waals surface area contributed by atoms with Crippen LogP contribution in [0.25, 0.3) is 0 Å². The summed E-state index contributed by atoms with van der Waals surface area (Å²) < 4.78 is 0. The van der Waals surface area contributed by atoms with Crippen molar-refractivity contribution in [2.75, 3.05) is 31.5 Å². The molecular formula is C18H26N4O2. The molecule has 130 valence electrons. The third-order valence-corrected chi connectivity index (χ3v) is 4.93. The lowest BCUT2D eigenvalue weighted by Crippen LogP contribution is -2.50. The fraction of sp³-hybridized carbons (Fsp3) is 0.556. The van der Waals surface area contributed by atoms with Crippen molar-refractivity contribution in [3.8, 4) is 0 Å². The van der Waals surface area contributed by atoms with Crippen LogP contribution in [-0.4, -0.2) is 54.0 Å². The van der Waals surface area contributed by atoms with Gasteiger partial charge in [0, 0.05) is 37.9 Å². The van der Waals surface area contributed by atoms with Gasteiger partial charge >= 0.3 is 6.03 Å². The molecule has 0 saturated carbocycles. The van der Waals surface area contributed by atoms with Gasteiger partial charge in [-0.1, -0.05) is 18.2 Å². The number of urea groups is 1. The monoisotopic (exact) mass is 330 g/mol. The second-order valence-corrected chi connectivity index (χ2v) is 6.74. The van der Waals surface area contributed by atoms with E-state index in [0.717, 1.165) is 44.5 Å². The Morgan fingerprint density at radius 1 is 1.00 bits per heavy atom. The van der Waals surface area contributed by atoms with Crippen molar-refractivity contribution < 1.29 is 9.59 Å². The number of likely N-dealkylation sites (tertiary alicyclic amines) is 2. The number of benzene rings is 1. The molecule has 0 bridgehead atoms. The number of hydrogen-bond acceptors (Lipinski definition) is 3. The molecule has 0 spiro atoms. The normalized spacial score (nSPS) is 22.3. The fourth-order valence-electron chi connectivity index (χ4n) is 3.47. The summed E-state index contributed by atoms with van der Waals surface area (Å²) in [7, 11) is 0. The van der Waals surface area contributed by atoms with Crippen molar-refractivity contribution in [2.24, 2.45) is 11.7 Å². The highest BCUT2D eigenvalue weighted by molar-refractivity contribution is 5.90. The van der Waals surface area contributed by atoms with Crippen molar-refractivity contribution in [1.82, 2.24) is 9.80 Å². The Morgan fingerprint density at radius 3 is 2.42 bits per heavy atom. The van der Waals surface area contributed by atoms with Gasteiger partial charge in [0.05, 0.1) is 5.92 Å². The molecule has 0 aromatic heterocycles. The van der Waals surface area contributed by atoms with Crippen LogP contribution in [0.15, 0.2) is 30.3 Å². The van der Waals surface area contributed by atoms with Gasteiger partial charge in [0.15, 0.2) is 0 Å². The van der Waals surface area contributed by atoms with Gasteiger partial charge < -0.3 is 20.9 Å². The quantitative estimate of drug-likeness (QED) is 0.869. The molecule has 1 aromatic rings. The van der Waals surface area contributed by atoms with Gasteiger partial charge in [-0.25, -0.2) is 4.79 Å². The summed E-state index contributed by atoms with van der Waals surface area (Å²) in [6, 6.07) is 9.50. The molecule has 3 N–H and O–H groups in total. The molecule has 2 aliphatic rings. The molecule has 3 amide bonds. The summed E-state index contributed by atoms with van der Waals surface area (Å²) in [5, 5.41) is 2.90. The molecule has 6 heteroatoms. The van der Waals surface area contributed by atoms with Crippen LogP contribution in [0.1, 0.15) is 25.7 Å². The van der Waals surface area contributed by atoms with Crippen LogP contribution in [-0.2, 0) is 4.79 Å². The van der Waals surface area contributed by atoms with E-state index < -0.39 is 0 Å². The van der Waals surface area contributed by atoms with Crippen molar-refractivity contribution >= 4 is 17.6 Å². The maximum Gasteiger partial charge on any atom is 0.321 e. The predicted molar refractivity (Wildman–Crippen MR) is 93.5 cm³/mol. The van der Waals surface area contributed by atoms with E-state index in [1.807, 2.05) is 35.2 Å². The van der Waals surface area contributed by atoms with E-state index in [2.05, 4.69) is 5.32 Å². The van der Waals surface area contributed by atoms with Gasteiger partial charge in [0.25, 0.3) is 0 Å². The lowest BCUT2D eigenvalue weighted by molar-refractivity contribution is -0.137. The summed E-state index contributed by atoms with van der Waals surface area (Å²) in [5.41, 5.74) is 6.69. The number of anilines is 1. The molecule has 3 rings (SSSR count). The van der Waals surface area contributed by atoms with E-state index >= 15 is 0 Å². The predicted octanol–water partition coefficient (Wildman–Crippen LogP) is 1.88. The van der Waals surface area contributed by atoms with E-state index in [4.69, 9.17) is 5.73 Å². The van der Waals surface area contributed by atoms with Gasteiger partial charge in [-0.2, -0.15) is 0 Å². The Balaban J connectivity index is 1.55. The molecule has 1 unspecified atom stereocenters.